The first-order valence-electron chi connectivity index (χ1n) is 7.80. The van der Waals surface area contributed by atoms with Gasteiger partial charge in [-0.1, -0.05) is 24.6 Å². The number of hydrogen-bond acceptors (Lipinski definition) is 3. The molecule has 1 amide bonds. The van der Waals surface area contributed by atoms with Gasteiger partial charge in [-0.3, -0.25) is 14.7 Å². The van der Waals surface area contributed by atoms with E-state index in [1.54, 1.807) is 4.90 Å². The number of carbonyl (C=O) groups is 1. The Bertz CT molecular complexity index is 781. The van der Waals surface area contributed by atoms with Gasteiger partial charge in [-0.05, 0) is 37.4 Å². The molecule has 0 radical (unpaired) electrons. The Morgan fingerprint density at radius 1 is 1.33 bits per heavy atom. The largest absolute Gasteiger partial charge is 0.337 e. The number of H-pyrrole nitrogens is 1. The molecule has 2 aromatic rings. The minimum atomic E-state index is -0.238. The second-order valence-electron chi connectivity index (χ2n) is 6.67. The van der Waals surface area contributed by atoms with Gasteiger partial charge in [-0.2, -0.15) is 0 Å². The number of aromatic nitrogens is 2. The monoisotopic (exact) mass is 350 g/mol. The van der Waals surface area contributed by atoms with Gasteiger partial charge < -0.3 is 10.6 Å². The van der Waals surface area contributed by atoms with Crippen molar-refractivity contribution in [3.8, 4) is 5.69 Å². The number of nitrogens with one attached hydrogen (secondary N) is 1. The summed E-state index contributed by atoms with van der Waals surface area (Å²) in [5.41, 5.74) is 7.66. The van der Waals surface area contributed by atoms with Crippen molar-refractivity contribution in [3.05, 3.63) is 51.9 Å². The Balaban J connectivity index is 0.00000208. The van der Waals surface area contributed by atoms with E-state index in [0.717, 1.165) is 12.0 Å². The van der Waals surface area contributed by atoms with Crippen LogP contribution >= 0.6 is 12.4 Å². The standard InChI is InChI=1S/C17H22N4O2.ClH/c1-12-3-5-13(6-4-12)21-15(22)9-14(19-21)16(23)20-8-7-17(2,10-18)11-20;/h3-6,9,19H,7-8,10-11,18H2,1-2H3;1H. The summed E-state index contributed by atoms with van der Waals surface area (Å²) in [6.07, 6.45) is 0.887. The van der Waals surface area contributed by atoms with Crippen LogP contribution in [0.3, 0.4) is 0 Å². The van der Waals surface area contributed by atoms with Crippen LogP contribution in [0.1, 0.15) is 29.4 Å². The second-order valence-corrected chi connectivity index (χ2v) is 6.67. The zero-order valence-corrected chi connectivity index (χ0v) is 14.7. The minimum Gasteiger partial charge on any atom is -0.337 e. The van der Waals surface area contributed by atoms with Crippen LogP contribution in [-0.2, 0) is 0 Å². The van der Waals surface area contributed by atoms with Gasteiger partial charge in [0.25, 0.3) is 11.5 Å². The number of aryl methyl sites for hydroxylation is 1. The van der Waals surface area contributed by atoms with Crippen molar-refractivity contribution in [2.45, 2.75) is 20.3 Å². The maximum Gasteiger partial charge on any atom is 0.271 e. The molecule has 0 aliphatic carbocycles. The van der Waals surface area contributed by atoms with E-state index in [4.69, 9.17) is 5.73 Å². The van der Waals surface area contributed by atoms with Crippen molar-refractivity contribution < 1.29 is 4.79 Å². The van der Waals surface area contributed by atoms with Gasteiger partial charge in [0.15, 0.2) is 0 Å². The molecule has 0 saturated carbocycles. The number of rotatable bonds is 3. The fraction of sp³-hybridized carbons (Fsp3) is 0.412. The summed E-state index contributed by atoms with van der Waals surface area (Å²) in [4.78, 5) is 26.5. The lowest BCUT2D eigenvalue weighted by molar-refractivity contribution is 0.0770. The van der Waals surface area contributed by atoms with Crippen molar-refractivity contribution in [1.29, 1.82) is 0 Å². The zero-order chi connectivity index (χ0) is 16.6. The van der Waals surface area contributed by atoms with E-state index in [0.29, 0.717) is 31.0 Å². The average Bonchev–Trinajstić information content (AvgIpc) is 3.12. The molecule has 3 N–H and O–H groups in total. The molecule has 24 heavy (non-hydrogen) atoms. The summed E-state index contributed by atoms with van der Waals surface area (Å²) in [7, 11) is 0. The molecule has 2 heterocycles. The molecule has 6 nitrogen and oxygen atoms in total. The lowest BCUT2D eigenvalue weighted by Crippen LogP contribution is -2.34. The van der Waals surface area contributed by atoms with Crippen LogP contribution in [0, 0.1) is 12.3 Å². The highest BCUT2D eigenvalue weighted by atomic mass is 35.5. The summed E-state index contributed by atoms with van der Waals surface area (Å²) in [6, 6.07) is 8.92. The van der Waals surface area contributed by atoms with Gasteiger partial charge in [0.2, 0.25) is 0 Å². The van der Waals surface area contributed by atoms with Crippen molar-refractivity contribution in [2.24, 2.45) is 11.1 Å². The number of likely N-dealkylation sites (tertiary alicyclic amines) is 1. The first-order valence-corrected chi connectivity index (χ1v) is 7.80. The molecule has 1 aliphatic heterocycles. The molecule has 1 aromatic heterocycles. The molecule has 0 bridgehead atoms. The third kappa shape index (κ3) is 3.39. The Kier molecular flexibility index (Phi) is 5.20. The van der Waals surface area contributed by atoms with Gasteiger partial charge in [-0.25, -0.2) is 4.68 Å². The molecule has 1 atom stereocenters. The van der Waals surface area contributed by atoms with E-state index in [-0.39, 0.29) is 29.3 Å². The molecular weight excluding hydrogens is 328 g/mol. The predicted molar refractivity (Wildman–Crippen MR) is 96.1 cm³/mol. The summed E-state index contributed by atoms with van der Waals surface area (Å²) in [5, 5.41) is 2.92. The molecule has 7 heteroatoms. The van der Waals surface area contributed by atoms with Gasteiger partial charge in [-0.15, -0.1) is 12.4 Å². The van der Waals surface area contributed by atoms with Crippen molar-refractivity contribution in [3.63, 3.8) is 0 Å². The van der Waals surface area contributed by atoms with E-state index in [1.807, 2.05) is 31.2 Å². The molecule has 1 unspecified atom stereocenters. The smallest absolute Gasteiger partial charge is 0.271 e. The number of nitrogens with two attached hydrogens (primary N) is 1. The Hall–Kier alpha value is -2.05. The third-order valence-electron chi connectivity index (χ3n) is 4.58. The van der Waals surface area contributed by atoms with Crippen molar-refractivity contribution in [2.75, 3.05) is 19.6 Å². The second kappa shape index (κ2) is 6.83. The topological polar surface area (TPSA) is 84.1 Å². The highest BCUT2D eigenvalue weighted by molar-refractivity contribution is 5.92. The number of carbonyl (C=O) groups excluding carboxylic acids is 1. The molecule has 130 valence electrons. The van der Waals surface area contributed by atoms with E-state index in [1.165, 1.54) is 10.7 Å². The Labute approximate surface area is 147 Å². The van der Waals surface area contributed by atoms with E-state index in [2.05, 4.69) is 12.0 Å². The van der Waals surface area contributed by atoms with Gasteiger partial charge in [0, 0.05) is 19.2 Å². The maximum absolute atomic E-state index is 12.6. The first-order chi connectivity index (χ1) is 10.9. The minimum absolute atomic E-state index is 0. The lowest BCUT2D eigenvalue weighted by atomic mass is 9.90. The van der Waals surface area contributed by atoms with Crippen molar-refractivity contribution in [1.82, 2.24) is 14.7 Å². The first kappa shape index (κ1) is 18.3. The van der Waals surface area contributed by atoms with Crippen LogP contribution < -0.4 is 11.3 Å². The van der Waals surface area contributed by atoms with Crippen LogP contribution in [0.25, 0.3) is 5.69 Å². The normalized spacial score (nSPS) is 20.0. The Morgan fingerprint density at radius 3 is 2.58 bits per heavy atom. The molecule has 1 aliphatic rings. The summed E-state index contributed by atoms with van der Waals surface area (Å²) in [6.45, 7) is 5.92. The van der Waals surface area contributed by atoms with Gasteiger partial charge in [0.1, 0.15) is 5.69 Å². The van der Waals surface area contributed by atoms with Crippen LogP contribution in [0.4, 0.5) is 0 Å². The number of hydrogen-bond donors (Lipinski definition) is 2. The molecule has 1 saturated heterocycles. The number of amides is 1. The molecular formula is C17H23ClN4O2. The zero-order valence-electron chi connectivity index (χ0n) is 13.9. The Morgan fingerprint density at radius 2 is 2.00 bits per heavy atom. The van der Waals surface area contributed by atoms with Crippen LogP contribution in [-0.4, -0.2) is 40.2 Å². The highest BCUT2D eigenvalue weighted by Gasteiger charge is 2.35. The number of nitrogens with zero attached hydrogens (tertiary/aromatic N) is 2. The highest BCUT2D eigenvalue weighted by Crippen LogP contribution is 2.29. The fourth-order valence-electron chi connectivity index (χ4n) is 2.93. The predicted octanol–water partition coefficient (Wildman–Crippen LogP) is 1.71. The van der Waals surface area contributed by atoms with E-state index >= 15 is 0 Å². The third-order valence-corrected chi connectivity index (χ3v) is 4.58. The molecule has 1 fully saturated rings. The maximum atomic E-state index is 12.6. The average molecular weight is 351 g/mol. The van der Waals surface area contributed by atoms with Crippen LogP contribution in [0.2, 0.25) is 0 Å². The van der Waals surface area contributed by atoms with Crippen LogP contribution in [0.15, 0.2) is 35.1 Å². The van der Waals surface area contributed by atoms with E-state index in [9.17, 15) is 9.59 Å². The molecule has 0 spiro atoms. The molecule has 3 rings (SSSR count). The molecule has 1 aromatic carbocycles. The summed E-state index contributed by atoms with van der Waals surface area (Å²) >= 11 is 0. The van der Waals surface area contributed by atoms with E-state index < -0.39 is 0 Å². The summed E-state index contributed by atoms with van der Waals surface area (Å²) < 4.78 is 1.39. The SMILES string of the molecule is Cc1ccc(-n2[nH]c(C(=O)N3CCC(C)(CN)C3)cc2=O)cc1.Cl. The van der Waals surface area contributed by atoms with Gasteiger partial charge in [0.05, 0.1) is 5.69 Å². The lowest BCUT2D eigenvalue weighted by Gasteiger charge is -2.22. The number of aromatic amines is 1. The van der Waals surface area contributed by atoms with Gasteiger partial charge >= 0.3 is 0 Å². The fourth-order valence-corrected chi connectivity index (χ4v) is 2.93. The van der Waals surface area contributed by atoms with Crippen LogP contribution in [0.5, 0.6) is 0 Å². The quantitative estimate of drug-likeness (QED) is 0.883. The summed E-state index contributed by atoms with van der Waals surface area (Å²) in [5.74, 6) is -0.148. The number of benzene rings is 1. The van der Waals surface area contributed by atoms with Crippen molar-refractivity contribution >= 4 is 18.3 Å². The number of halogens is 1.